The van der Waals surface area contributed by atoms with Crippen LogP contribution in [0.15, 0.2) is 72.8 Å². The number of nitrogens with one attached hydrogen (secondary N) is 1. The Morgan fingerprint density at radius 1 is 0.812 bits per heavy atom. The van der Waals surface area contributed by atoms with Crippen LogP contribution >= 0.6 is 0 Å². The number of nitrogens with zero attached hydrogens (tertiary/aromatic N) is 2. The third-order valence-electron chi connectivity index (χ3n) is 5.39. The molecule has 6 heteroatoms. The maximum atomic E-state index is 12.8. The van der Waals surface area contributed by atoms with Gasteiger partial charge in [-0.3, -0.25) is 19.3 Å². The SMILES string of the molecule is CN(C)Cc1ccc(CNC(=O)c2ccc3c(c2)C(=O)N(Cc2ccccc2)C3=O)cc1. The number of amides is 3. The van der Waals surface area contributed by atoms with E-state index >= 15 is 0 Å². The summed E-state index contributed by atoms with van der Waals surface area (Å²) in [7, 11) is 4.04. The summed E-state index contributed by atoms with van der Waals surface area (Å²) in [5, 5.41) is 2.88. The van der Waals surface area contributed by atoms with Crippen molar-refractivity contribution < 1.29 is 14.4 Å². The Hall–Kier alpha value is -3.77. The Bertz CT molecular complexity index is 1150. The maximum Gasteiger partial charge on any atom is 0.261 e. The normalized spacial score (nSPS) is 12.9. The Balaban J connectivity index is 1.43. The van der Waals surface area contributed by atoms with Gasteiger partial charge in [0, 0.05) is 18.7 Å². The first-order chi connectivity index (χ1) is 15.4. The molecule has 4 rings (SSSR count). The van der Waals surface area contributed by atoms with E-state index in [4.69, 9.17) is 0 Å². The van der Waals surface area contributed by atoms with Gasteiger partial charge in [0.1, 0.15) is 0 Å². The molecule has 0 saturated heterocycles. The number of hydrogen-bond donors (Lipinski definition) is 1. The van der Waals surface area contributed by atoms with Gasteiger partial charge in [0.05, 0.1) is 17.7 Å². The van der Waals surface area contributed by atoms with Crippen LogP contribution in [0.3, 0.4) is 0 Å². The molecule has 3 aromatic carbocycles. The Morgan fingerprint density at radius 3 is 2.16 bits per heavy atom. The summed E-state index contributed by atoms with van der Waals surface area (Å²) in [5.74, 6) is -0.995. The van der Waals surface area contributed by atoms with Gasteiger partial charge in [-0.15, -0.1) is 0 Å². The Labute approximate surface area is 187 Å². The zero-order valence-electron chi connectivity index (χ0n) is 18.2. The molecule has 3 aromatic rings. The van der Waals surface area contributed by atoms with Crippen molar-refractivity contribution in [3.8, 4) is 0 Å². The largest absolute Gasteiger partial charge is 0.348 e. The molecule has 6 nitrogen and oxygen atoms in total. The van der Waals surface area contributed by atoms with Crippen molar-refractivity contribution in [1.82, 2.24) is 15.1 Å². The van der Waals surface area contributed by atoms with Gasteiger partial charge in [0.2, 0.25) is 0 Å². The lowest BCUT2D eigenvalue weighted by molar-refractivity contribution is 0.0642. The number of hydrogen-bond acceptors (Lipinski definition) is 4. The highest BCUT2D eigenvalue weighted by Crippen LogP contribution is 2.25. The van der Waals surface area contributed by atoms with Gasteiger partial charge in [-0.25, -0.2) is 0 Å². The number of benzene rings is 3. The molecule has 0 aromatic heterocycles. The summed E-state index contributed by atoms with van der Waals surface area (Å²) in [6, 6.07) is 22.1. The highest BCUT2D eigenvalue weighted by molar-refractivity contribution is 6.22. The summed E-state index contributed by atoms with van der Waals surface area (Å²) in [4.78, 5) is 41.5. The number of carbonyl (C=O) groups excluding carboxylic acids is 3. The molecule has 0 aliphatic carbocycles. The lowest BCUT2D eigenvalue weighted by Gasteiger charge is -2.13. The van der Waals surface area contributed by atoms with Crippen LogP contribution < -0.4 is 5.32 Å². The molecule has 0 atom stereocenters. The molecule has 1 heterocycles. The zero-order chi connectivity index (χ0) is 22.7. The lowest BCUT2D eigenvalue weighted by atomic mass is 10.1. The van der Waals surface area contributed by atoms with Crippen LogP contribution in [0.1, 0.15) is 47.8 Å². The van der Waals surface area contributed by atoms with Crippen LogP contribution in [0, 0.1) is 0 Å². The number of carbonyl (C=O) groups is 3. The minimum absolute atomic E-state index is 0.207. The summed E-state index contributed by atoms with van der Waals surface area (Å²) in [6.45, 7) is 1.44. The van der Waals surface area contributed by atoms with Gasteiger partial charge in [0.25, 0.3) is 17.7 Å². The van der Waals surface area contributed by atoms with Gasteiger partial charge in [-0.05, 0) is 49.0 Å². The monoisotopic (exact) mass is 427 g/mol. The van der Waals surface area contributed by atoms with Gasteiger partial charge in [-0.2, -0.15) is 0 Å². The Kier molecular flexibility index (Phi) is 6.14. The van der Waals surface area contributed by atoms with Crippen molar-refractivity contribution in [2.24, 2.45) is 0 Å². The molecule has 0 bridgehead atoms. The first-order valence-electron chi connectivity index (χ1n) is 10.5. The first-order valence-corrected chi connectivity index (χ1v) is 10.5. The standard InChI is InChI=1S/C26H25N3O3/c1-28(2)16-20-10-8-18(9-11-20)15-27-24(30)21-12-13-22-23(14-21)26(32)29(25(22)31)17-19-6-4-3-5-7-19/h3-14H,15-17H2,1-2H3,(H,27,30). The van der Waals surface area contributed by atoms with E-state index in [1.807, 2.05) is 68.7 Å². The molecular weight excluding hydrogens is 402 g/mol. The number of imide groups is 1. The number of rotatable bonds is 7. The van der Waals surface area contributed by atoms with E-state index in [2.05, 4.69) is 10.2 Å². The Morgan fingerprint density at radius 2 is 1.47 bits per heavy atom. The van der Waals surface area contributed by atoms with Crippen LogP contribution in [0.2, 0.25) is 0 Å². The maximum absolute atomic E-state index is 12.8. The van der Waals surface area contributed by atoms with Crippen molar-refractivity contribution in [3.05, 3.63) is 106 Å². The fourth-order valence-corrected chi connectivity index (χ4v) is 3.75. The summed E-state index contributed by atoms with van der Waals surface area (Å²) in [5.41, 5.74) is 4.02. The van der Waals surface area contributed by atoms with Crippen LogP contribution in [-0.4, -0.2) is 41.6 Å². The van der Waals surface area contributed by atoms with E-state index in [1.165, 1.54) is 16.5 Å². The molecule has 0 spiro atoms. The van der Waals surface area contributed by atoms with E-state index in [9.17, 15) is 14.4 Å². The third-order valence-corrected chi connectivity index (χ3v) is 5.39. The van der Waals surface area contributed by atoms with Gasteiger partial charge < -0.3 is 10.2 Å². The minimum Gasteiger partial charge on any atom is -0.348 e. The van der Waals surface area contributed by atoms with Crippen molar-refractivity contribution in [3.63, 3.8) is 0 Å². The topological polar surface area (TPSA) is 69.7 Å². The van der Waals surface area contributed by atoms with Crippen molar-refractivity contribution in [2.75, 3.05) is 14.1 Å². The van der Waals surface area contributed by atoms with Crippen LogP contribution in [0.5, 0.6) is 0 Å². The first kappa shape index (κ1) is 21.5. The van der Waals surface area contributed by atoms with E-state index < -0.39 is 0 Å². The molecule has 3 amide bonds. The molecule has 1 aliphatic rings. The van der Waals surface area contributed by atoms with Crippen molar-refractivity contribution in [2.45, 2.75) is 19.6 Å². The smallest absolute Gasteiger partial charge is 0.261 e. The summed E-state index contributed by atoms with van der Waals surface area (Å²) >= 11 is 0. The lowest BCUT2D eigenvalue weighted by Crippen LogP contribution is -2.29. The average molecular weight is 428 g/mol. The molecule has 1 aliphatic heterocycles. The minimum atomic E-state index is -0.375. The quantitative estimate of drug-likeness (QED) is 0.586. The van der Waals surface area contributed by atoms with Gasteiger partial charge in [0.15, 0.2) is 0 Å². The molecule has 32 heavy (non-hydrogen) atoms. The summed E-state index contributed by atoms with van der Waals surface area (Å²) in [6.07, 6.45) is 0. The highest BCUT2D eigenvalue weighted by atomic mass is 16.2. The summed E-state index contributed by atoms with van der Waals surface area (Å²) < 4.78 is 0. The molecule has 0 unspecified atom stereocenters. The molecule has 0 fully saturated rings. The zero-order valence-corrected chi connectivity index (χ0v) is 18.2. The molecule has 0 radical (unpaired) electrons. The third kappa shape index (κ3) is 4.60. The van der Waals surface area contributed by atoms with Gasteiger partial charge in [-0.1, -0.05) is 54.6 Å². The average Bonchev–Trinajstić information content (AvgIpc) is 3.03. The molecule has 162 valence electrons. The van der Waals surface area contributed by atoms with Crippen LogP contribution in [0.25, 0.3) is 0 Å². The second-order valence-electron chi connectivity index (χ2n) is 8.18. The second-order valence-corrected chi connectivity index (χ2v) is 8.18. The van der Waals surface area contributed by atoms with Crippen LogP contribution in [-0.2, 0) is 19.6 Å². The van der Waals surface area contributed by atoms with Crippen molar-refractivity contribution in [1.29, 1.82) is 0 Å². The van der Waals surface area contributed by atoms with Crippen LogP contribution in [0.4, 0.5) is 0 Å². The molecule has 1 N–H and O–H groups in total. The number of fused-ring (bicyclic) bond motifs is 1. The fourth-order valence-electron chi connectivity index (χ4n) is 3.75. The predicted octanol–water partition coefficient (Wildman–Crippen LogP) is 3.47. The van der Waals surface area contributed by atoms with E-state index in [1.54, 1.807) is 12.1 Å². The fraction of sp³-hybridized carbons (Fsp3) is 0.192. The molecular formula is C26H25N3O3. The van der Waals surface area contributed by atoms with Gasteiger partial charge >= 0.3 is 0 Å². The second kappa shape index (κ2) is 9.16. The van der Waals surface area contributed by atoms with E-state index in [-0.39, 0.29) is 29.8 Å². The van der Waals surface area contributed by atoms with E-state index in [0.29, 0.717) is 17.7 Å². The highest BCUT2D eigenvalue weighted by Gasteiger charge is 2.35. The predicted molar refractivity (Wildman–Crippen MR) is 122 cm³/mol. The van der Waals surface area contributed by atoms with E-state index in [0.717, 1.165) is 17.7 Å². The van der Waals surface area contributed by atoms with Crippen molar-refractivity contribution >= 4 is 17.7 Å². The molecule has 0 saturated carbocycles.